The van der Waals surface area contributed by atoms with E-state index >= 15 is 0 Å². The van der Waals surface area contributed by atoms with Crippen molar-refractivity contribution in [3.63, 3.8) is 0 Å². The van der Waals surface area contributed by atoms with Crippen molar-refractivity contribution in [2.24, 2.45) is 7.05 Å². The molecule has 0 saturated carbocycles. The molecule has 2 aromatic rings. The molecule has 1 fully saturated rings. The average Bonchev–Trinajstić information content (AvgIpc) is 3.04. The third-order valence-corrected chi connectivity index (χ3v) is 4.63. The van der Waals surface area contributed by atoms with Crippen molar-refractivity contribution in [1.82, 2.24) is 20.4 Å². The molecule has 134 valence electrons. The number of aromatic nitrogens is 2. The number of piperidine rings is 1. The van der Waals surface area contributed by atoms with Crippen LogP contribution in [0.4, 0.5) is 0 Å². The summed E-state index contributed by atoms with van der Waals surface area (Å²) >= 11 is 0. The van der Waals surface area contributed by atoms with Crippen molar-refractivity contribution in [2.45, 2.75) is 37.4 Å². The molecule has 0 radical (unpaired) electrons. The van der Waals surface area contributed by atoms with Crippen LogP contribution >= 0.6 is 0 Å². The lowest BCUT2D eigenvalue weighted by molar-refractivity contribution is -0.124. The Labute approximate surface area is 148 Å². The fraction of sp³-hybridized carbons (Fsp3) is 0.474. The number of nitrogens with one attached hydrogen (secondary N) is 2. The van der Waals surface area contributed by atoms with Crippen LogP contribution in [0.5, 0.6) is 0 Å². The van der Waals surface area contributed by atoms with Gasteiger partial charge in [-0.05, 0) is 18.4 Å². The van der Waals surface area contributed by atoms with E-state index in [1.165, 1.54) is 5.56 Å². The van der Waals surface area contributed by atoms with Crippen LogP contribution in [0.2, 0.25) is 0 Å². The molecule has 0 unspecified atom stereocenters. The van der Waals surface area contributed by atoms with Crippen molar-refractivity contribution < 1.29 is 9.53 Å². The van der Waals surface area contributed by atoms with E-state index < -0.39 is 0 Å². The van der Waals surface area contributed by atoms with Gasteiger partial charge in [-0.2, -0.15) is 5.10 Å². The van der Waals surface area contributed by atoms with Gasteiger partial charge in [-0.1, -0.05) is 30.3 Å². The summed E-state index contributed by atoms with van der Waals surface area (Å²) in [5.74, 6) is 0.0956. The Morgan fingerprint density at radius 1 is 1.40 bits per heavy atom. The maximum absolute atomic E-state index is 11.9. The van der Waals surface area contributed by atoms with E-state index in [9.17, 15) is 4.79 Å². The summed E-state index contributed by atoms with van der Waals surface area (Å²) in [7, 11) is 3.61. The Morgan fingerprint density at radius 3 is 2.88 bits per heavy atom. The van der Waals surface area contributed by atoms with Crippen LogP contribution in [-0.4, -0.2) is 41.5 Å². The van der Waals surface area contributed by atoms with Crippen molar-refractivity contribution in [3.05, 3.63) is 53.9 Å². The Bertz CT molecular complexity index is 686. The summed E-state index contributed by atoms with van der Waals surface area (Å²) in [6.07, 6.45) is 6.03. The molecule has 1 aliphatic rings. The number of aryl methyl sites for hydroxylation is 1. The summed E-state index contributed by atoms with van der Waals surface area (Å²) in [6, 6.07) is 10.7. The van der Waals surface area contributed by atoms with Crippen molar-refractivity contribution in [1.29, 1.82) is 0 Å². The van der Waals surface area contributed by atoms with Gasteiger partial charge in [-0.25, -0.2) is 0 Å². The minimum atomic E-state index is -0.0647. The molecule has 6 heteroatoms. The van der Waals surface area contributed by atoms with Crippen LogP contribution in [0.25, 0.3) is 0 Å². The van der Waals surface area contributed by atoms with Crippen LogP contribution in [-0.2, 0) is 23.0 Å². The molecule has 1 aliphatic heterocycles. The topological polar surface area (TPSA) is 68.2 Å². The van der Waals surface area contributed by atoms with E-state index in [4.69, 9.17) is 4.74 Å². The largest absolute Gasteiger partial charge is 0.383 e. The highest BCUT2D eigenvalue weighted by Crippen LogP contribution is 2.24. The van der Waals surface area contributed by atoms with Gasteiger partial charge in [0.15, 0.2) is 0 Å². The molecule has 1 amide bonds. The number of methoxy groups -OCH3 is 1. The molecule has 0 aliphatic carbocycles. The average molecular weight is 342 g/mol. The number of rotatable bonds is 7. The van der Waals surface area contributed by atoms with Crippen LogP contribution < -0.4 is 10.6 Å². The highest BCUT2D eigenvalue weighted by Gasteiger charge is 2.32. The second-order valence-corrected chi connectivity index (χ2v) is 6.65. The SMILES string of the molecule is COC[C@@H](Cc1ccccc1)N[C@@H]1CCC(=O)N[C@H]1c1cnn(C)c1. The Kier molecular flexibility index (Phi) is 5.83. The zero-order chi connectivity index (χ0) is 17.6. The minimum absolute atomic E-state index is 0.0647. The van der Waals surface area contributed by atoms with E-state index in [0.29, 0.717) is 13.0 Å². The number of carbonyl (C=O) groups excluding carboxylic acids is 1. The zero-order valence-electron chi connectivity index (χ0n) is 14.8. The van der Waals surface area contributed by atoms with Crippen LogP contribution in [0.1, 0.15) is 30.0 Å². The van der Waals surface area contributed by atoms with Gasteiger partial charge in [-0.3, -0.25) is 9.48 Å². The van der Waals surface area contributed by atoms with E-state index in [0.717, 1.165) is 18.4 Å². The lowest BCUT2D eigenvalue weighted by Gasteiger charge is -2.35. The van der Waals surface area contributed by atoms with Gasteiger partial charge in [0.1, 0.15) is 0 Å². The van der Waals surface area contributed by atoms with E-state index in [1.807, 2.05) is 25.5 Å². The van der Waals surface area contributed by atoms with Gasteiger partial charge >= 0.3 is 0 Å². The van der Waals surface area contributed by atoms with Gasteiger partial charge in [0.05, 0.1) is 18.8 Å². The lowest BCUT2D eigenvalue weighted by atomic mass is 9.92. The summed E-state index contributed by atoms with van der Waals surface area (Å²) < 4.78 is 7.19. The third-order valence-electron chi connectivity index (χ3n) is 4.63. The summed E-state index contributed by atoms with van der Waals surface area (Å²) in [5.41, 5.74) is 2.30. The van der Waals surface area contributed by atoms with E-state index in [-0.39, 0.29) is 24.0 Å². The molecule has 2 heterocycles. The van der Waals surface area contributed by atoms with E-state index in [1.54, 1.807) is 11.8 Å². The third kappa shape index (κ3) is 4.67. The fourth-order valence-corrected chi connectivity index (χ4v) is 3.46. The number of hydrogen-bond acceptors (Lipinski definition) is 4. The predicted molar refractivity (Wildman–Crippen MR) is 96.1 cm³/mol. The van der Waals surface area contributed by atoms with Gasteiger partial charge < -0.3 is 15.4 Å². The number of benzene rings is 1. The first-order valence-electron chi connectivity index (χ1n) is 8.72. The molecule has 6 nitrogen and oxygen atoms in total. The second kappa shape index (κ2) is 8.27. The van der Waals surface area contributed by atoms with Crippen LogP contribution in [0.15, 0.2) is 42.7 Å². The van der Waals surface area contributed by atoms with Crippen LogP contribution in [0.3, 0.4) is 0 Å². The van der Waals surface area contributed by atoms with Gasteiger partial charge in [0.2, 0.25) is 5.91 Å². The van der Waals surface area contributed by atoms with Gasteiger partial charge in [0.25, 0.3) is 0 Å². The molecule has 0 spiro atoms. The van der Waals surface area contributed by atoms with E-state index in [2.05, 4.69) is 40.0 Å². The van der Waals surface area contributed by atoms with Crippen molar-refractivity contribution in [2.75, 3.05) is 13.7 Å². The fourth-order valence-electron chi connectivity index (χ4n) is 3.46. The first kappa shape index (κ1) is 17.6. The number of hydrogen-bond donors (Lipinski definition) is 2. The monoisotopic (exact) mass is 342 g/mol. The maximum Gasteiger partial charge on any atom is 0.220 e. The maximum atomic E-state index is 11.9. The number of carbonyl (C=O) groups is 1. The standard InChI is InChI=1S/C19H26N4O2/c1-23-12-15(11-20-23)19-17(8-9-18(24)22-19)21-16(13-25-2)10-14-6-4-3-5-7-14/h3-7,11-12,16-17,19,21H,8-10,13H2,1-2H3,(H,22,24)/t16-,17-,19+/m1/s1. The molecule has 1 aromatic carbocycles. The highest BCUT2D eigenvalue weighted by molar-refractivity contribution is 5.77. The number of nitrogens with zero attached hydrogens (tertiary/aromatic N) is 2. The normalized spacial score (nSPS) is 21.8. The highest BCUT2D eigenvalue weighted by atomic mass is 16.5. The minimum Gasteiger partial charge on any atom is -0.383 e. The molecule has 1 aromatic heterocycles. The van der Waals surface area contributed by atoms with Crippen LogP contribution in [0, 0.1) is 0 Å². The summed E-state index contributed by atoms with van der Waals surface area (Å²) in [4.78, 5) is 11.9. The molecule has 25 heavy (non-hydrogen) atoms. The quantitative estimate of drug-likeness (QED) is 0.802. The smallest absolute Gasteiger partial charge is 0.220 e. The molecule has 3 rings (SSSR count). The first-order chi connectivity index (χ1) is 12.2. The summed E-state index contributed by atoms with van der Waals surface area (Å²) in [5, 5.41) is 11.1. The Morgan fingerprint density at radius 2 is 2.20 bits per heavy atom. The van der Waals surface area contributed by atoms with Gasteiger partial charge in [-0.15, -0.1) is 0 Å². The molecular weight excluding hydrogens is 316 g/mol. The molecule has 1 saturated heterocycles. The molecule has 0 bridgehead atoms. The lowest BCUT2D eigenvalue weighted by Crippen LogP contribution is -2.52. The van der Waals surface area contributed by atoms with Crippen molar-refractivity contribution in [3.8, 4) is 0 Å². The Hall–Kier alpha value is -2.18. The molecule has 2 N–H and O–H groups in total. The number of ether oxygens (including phenoxy) is 1. The predicted octanol–water partition coefficient (Wildman–Crippen LogP) is 1.59. The zero-order valence-corrected chi connectivity index (χ0v) is 14.8. The Balaban J connectivity index is 1.73. The second-order valence-electron chi connectivity index (χ2n) is 6.65. The van der Waals surface area contributed by atoms with Gasteiger partial charge in [0, 0.05) is 44.4 Å². The number of amides is 1. The van der Waals surface area contributed by atoms with Crippen molar-refractivity contribution >= 4 is 5.91 Å². The molecular formula is C19H26N4O2. The molecule has 3 atom stereocenters. The summed E-state index contributed by atoms with van der Waals surface area (Å²) in [6.45, 7) is 0.624. The first-order valence-corrected chi connectivity index (χ1v) is 8.72.